The first-order valence-electron chi connectivity index (χ1n) is 10.1. The summed E-state index contributed by atoms with van der Waals surface area (Å²) in [7, 11) is 0. The Morgan fingerprint density at radius 3 is 2.58 bits per heavy atom. The number of fused-ring (bicyclic) bond motifs is 2. The number of nitrogen functional groups attached to an aromatic ring is 1. The number of H-pyrrole nitrogens is 1. The van der Waals surface area contributed by atoms with Crippen molar-refractivity contribution in [2.75, 3.05) is 22.5 Å². The summed E-state index contributed by atoms with van der Waals surface area (Å²) in [6, 6.07) is 22.3. The number of anilines is 3. The van der Waals surface area contributed by atoms with Gasteiger partial charge >= 0.3 is 0 Å². The zero-order chi connectivity index (χ0) is 21.4. The largest absolute Gasteiger partial charge is 0.383 e. The summed E-state index contributed by atoms with van der Waals surface area (Å²) >= 11 is 5.49. The highest BCUT2D eigenvalue weighted by Crippen LogP contribution is 2.23. The SMILES string of the molecule is Nc1nc(N2CCc3ccccc3C2)[nH]c(=O)c1C(=S)Nc1ccc2ccccc2c1. The summed E-state index contributed by atoms with van der Waals surface area (Å²) in [4.78, 5) is 22.5. The second-order valence-electron chi connectivity index (χ2n) is 7.61. The van der Waals surface area contributed by atoms with E-state index < -0.39 is 0 Å². The molecule has 0 amide bonds. The maximum Gasteiger partial charge on any atom is 0.264 e. The van der Waals surface area contributed by atoms with E-state index in [1.54, 1.807) is 0 Å². The third kappa shape index (κ3) is 3.75. The average molecular weight is 428 g/mol. The molecule has 0 fully saturated rings. The lowest BCUT2D eigenvalue weighted by Gasteiger charge is -2.29. The van der Waals surface area contributed by atoms with E-state index in [9.17, 15) is 4.79 Å². The normalized spacial score (nSPS) is 13.1. The van der Waals surface area contributed by atoms with Crippen molar-refractivity contribution in [2.45, 2.75) is 13.0 Å². The van der Waals surface area contributed by atoms with Crippen LogP contribution in [0.2, 0.25) is 0 Å². The van der Waals surface area contributed by atoms with Crippen molar-refractivity contribution < 1.29 is 0 Å². The third-order valence-electron chi connectivity index (χ3n) is 5.60. The van der Waals surface area contributed by atoms with Gasteiger partial charge in [-0.25, -0.2) is 0 Å². The fourth-order valence-corrected chi connectivity index (χ4v) is 4.30. The standard InChI is InChI=1S/C24H21N5OS/c25-21-20(23(31)26-19-10-9-15-5-1-3-7-17(15)13-19)22(30)28-24(27-21)29-12-11-16-6-2-4-8-18(16)14-29/h1-10,13H,11-12,14H2,(H,26,31)(H3,25,27,28,30). The van der Waals surface area contributed by atoms with Gasteiger partial charge in [0, 0.05) is 18.8 Å². The van der Waals surface area contributed by atoms with Crippen molar-refractivity contribution in [1.82, 2.24) is 9.97 Å². The molecule has 0 unspecified atom stereocenters. The predicted octanol–water partition coefficient (Wildman–Crippen LogP) is 3.86. The van der Waals surface area contributed by atoms with Gasteiger partial charge in [-0.1, -0.05) is 66.8 Å². The van der Waals surface area contributed by atoms with Crippen LogP contribution >= 0.6 is 12.2 Å². The van der Waals surface area contributed by atoms with E-state index in [0.29, 0.717) is 12.5 Å². The van der Waals surface area contributed by atoms with Crippen LogP contribution in [0.1, 0.15) is 16.7 Å². The van der Waals surface area contributed by atoms with Gasteiger partial charge in [-0.2, -0.15) is 4.98 Å². The molecule has 6 nitrogen and oxygen atoms in total. The first kappa shape index (κ1) is 19.3. The first-order chi connectivity index (χ1) is 15.1. The van der Waals surface area contributed by atoms with Crippen molar-refractivity contribution >= 4 is 45.4 Å². The number of thiocarbonyl (C=S) groups is 1. The molecule has 1 aromatic heterocycles. The number of aromatic amines is 1. The van der Waals surface area contributed by atoms with Gasteiger partial charge in [0.25, 0.3) is 5.56 Å². The molecule has 31 heavy (non-hydrogen) atoms. The van der Waals surface area contributed by atoms with Crippen LogP contribution in [0.4, 0.5) is 17.5 Å². The second kappa shape index (κ2) is 7.85. The highest BCUT2D eigenvalue weighted by molar-refractivity contribution is 7.81. The Morgan fingerprint density at radius 2 is 1.77 bits per heavy atom. The Kier molecular flexibility index (Phi) is 4.88. The van der Waals surface area contributed by atoms with Crippen LogP contribution in [-0.4, -0.2) is 21.5 Å². The molecule has 0 radical (unpaired) electrons. The highest BCUT2D eigenvalue weighted by Gasteiger charge is 2.21. The Morgan fingerprint density at radius 1 is 1.03 bits per heavy atom. The zero-order valence-electron chi connectivity index (χ0n) is 16.8. The number of nitrogens with one attached hydrogen (secondary N) is 2. The summed E-state index contributed by atoms with van der Waals surface area (Å²) in [5.41, 5.74) is 9.37. The van der Waals surface area contributed by atoms with Gasteiger partial charge in [0.05, 0.1) is 0 Å². The molecule has 5 rings (SSSR count). The quantitative estimate of drug-likeness (QED) is 0.431. The Bertz CT molecular complexity index is 1360. The van der Waals surface area contributed by atoms with E-state index in [-0.39, 0.29) is 21.9 Å². The maximum atomic E-state index is 12.9. The van der Waals surface area contributed by atoms with E-state index in [4.69, 9.17) is 18.0 Å². The highest BCUT2D eigenvalue weighted by atomic mass is 32.1. The number of nitrogens with zero attached hydrogens (tertiary/aromatic N) is 2. The summed E-state index contributed by atoms with van der Waals surface area (Å²) in [5, 5.41) is 5.33. The van der Waals surface area contributed by atoms with Gasteiger partial charge in [-0.3, -0.25) is 9.78 Å². The molecule has 1 aliphatic rings. The Balaban J connectivity index is 1.40. The second-order valence-corrected chi connectivity index (χ2v) is 8.01. The predicted molar refractivity (Wildman–Crippen MR) is 130 cm³/mol. The van der Waals surface area contributed by atoms with Crippen molar-refractivity contribution in [3.63, 3.8) is 0 Å². The van der Waals surface area contributed by atoms with E-state index in [1.165, 1.54) is 11.1 Å². The molecule has 0 bridgehead atoms. The molecule has 0 atom stereocenters. The van der Waals surface area contributed by atoms with Crippen LogP contribution in [0.3, 0.4) is 0 Å². The number of nitrogens with two attached hydrogens (primary N) is 1. The molecule has 0 saturated heterocycles. The molecule has 4 aromatic rings. The van der Waals surface area contributed by atoms with Gasteiger partial charge in [0.1, 0.15) is 16.4 Å². The summed E-state index contributed by atoms with van der Waals surface area (Å²) in [6.07, 6.45) is 0.892. The van der Waals surface area contributed by atoms with Gasteiger partial charge < -0.3 is 16.0 Å². The smallest absolute Gasteiger partial charge is 0.264 e. The Labute approximate surface area is 184 Å². The van der Waals surface area contributed by atoms with E-state index >= 15 is 0 Å². The number of hydrogen-bond donors (Lipinski definition) is 3. The molecular weight excluding hydrogens is 406 g/mol. The molecule has 0 aliphatic carbocycles. The lowest BCUT2D eigenvalue weighted by molar-refractivity contribution is 0.706. The number of rotatable bonds is 3. The van der Waals surface area contributed by atoms with Crippen LogP contribution < -0.4 is 21.5 Å². The van der Waals surface area contributed by atoms with E-state index in [1.807, 2.05) is 59.5 Å². The fraction of sp³-hybridized carbons (Fsp3) is 0.125. The number of hydrogen-bond acceptors (Lipinski definition) is 5. The minimum absolute atomic E-state index is 0.121. The van der Waals surface area contributed by atoms with Crippen molar-refractivity contribution in [1.29, 1.82) is 0 Å². The summed E-state index contributed by atoms with van der Waals surface area (Å²) in [5.74, 6) is 0.588. The van der Waals surface area contributed by atoms with Gasteiger partial charge in [-0.05, 0) is 40.5 Å². The average Bonchev–Trinajstić information content (AvgIpc) is 2.78. The van der Waals surface area contributed by atoms with Crippen LogP contribution in [0, 0.1) is 0 Å². The Hall–Kier alpha value is -3.71. The van der Waals surface area contributed by atoms with E-state index in [2.05, 4.69) is 27.4 Å². The van der Waals surface area contributed by atoms with Gasteiger partial charge in [-0.15, -0.1) is 0 Å². The topological polar surface area (TPSA) is 87.0 Å². The molecule has 0 saturated carbocycles. The molecule has 2 heterocycles. The molecule has 1 aliphatic heterocycles. The van der Waals surface area contributed by atoms with Crippen molar-refractivity contribution in [2.24, 2.45) is 0 Å². The number of aromatic nitrogens is 2. The van der Waals surface area contributed by atoms with Gasteiger partial charge in [0.2, 0.25) is 5.95 Å². The molecule has 0 spiro atoms. The first-order valence-corrected chi connectivity index (χ1v) is 10.5. The summed E-state index contributed by atoms with van der Waals surface area (Å²) < 4.78 is 0. The monoisotopic (exact) mass is 427 g/mol. The van der Waals surface area contributed by atoms with Crippen molar-refractivity contribution in [3.05, 3.63) is 93.8 Å². The van der Waals surface area contributed by atoms with Crippen molar-refractivity contribution in [3.8, 4) is 0 Å². The van der Waals surface area contributed by atoms with Crippen LogP contribution in [0.15, 0.2) is 71.5 Å². The minimum atomic E-state index is -0.348. The van der Waals surface area contributed by atoms with Crippen LogP contribution in [0.5, 0.6) is 0 Å². The lowest BCUT2D eigenvalue weighted by atomic mass is 10.0. The molecule has 7 heteroatoms. The molecule has 4 N–H and O–H groups in total. The minimum Gasteiger partial charge on any atom is -0.383 e. The van der Waals surface area contributed by atoms with Crippen LogP contribution in [0.25, 0.3) is 10.8 Å². The number of benzene rings is 3. The summed E-state index contributed by atoms with van der Waals surface area (Å²) in [6.45, 7) is 1.44. The lowest BCUT2D eigenvalue weighted by Crippen LogP contribution is -2.35. The zero-order valence-corrected chi connectivity index (χ0v) is 17.6. The van der Waals surface area contributed by atoms with E-state index in [0.717, 1.165) is 29.4 Å². The fourth-order valence-electron chi connectivity index (χ4n) is 3.98. The van der Waals surface area contributed by atoms with Gasteiger partial charge in [0.15, 0.2) is 0 Å². The third-order valence-corrected chi connectivity index (χ3v) is 5.91. The maximum absolute atomic E-state index is 12.9. The van der Waals surface area contributed by atoms with Crippen LogP contribution in [-0.2, 0) is 13.0 Å². The molecule has 154 valence electrons. The molecular formula is C24H21N5OS. The molecule has 3 aromatic carbocycles.